The van der Waals surface area contributed by atoms with Gasteiger partial charge in [-0.3, -0.25) is 14.4 Å². The molecule has 0 spiro atoms. The van der Waals surface area contributed by atoms with Gasteiger partial charge in [0.2, 0.25) is 0 Å². The number of amides is 1. The number of carbonyl (C=O) groups excluding carboxylic acids is 6. The van der Waals surface area contributed by atoms with Crippen LogP contribution in [0.5, 0.6) is 5.75 Å². The molecule has 0 aromatic heterocycles. The predicted molar refractivity (Wildman–Crippen MR) is 361 cm³/mol. The number of rotatable bonds is 31. The molecule has 545 valence electrons. The minimum absolute atomic E-state index is 0.0215. The number of esters is 5. The number of nitrogens with zero attached hydrogens (tertiary/aromatic N) is 4. The molecule has 5 saturated heterocycles. The van der Waals surface area contributed by atoms with Crippen LogP contribution >= 0.6 is 8.46 Å². The van der Waals surface area contributed by atoms with Gasteiger partial charge in [0.1, 0.15) is 12.4 Å². The number of aryl methyl sites for hydroxylation is 1. The molecule has 0 aliphatic carbocycles. The van der Waals surface area contributed by atoms with E-state index < -0.39 is 164 Å². The summed E-state index contributed by atoms with van der Waals surface area (Å²) in [7, 11) is 1.60. The molecule has 27 nitrogen and oxygen atoms in total. The molecule has 0 N–H and O–H groups in total. The maximum absolute atomic E-state index is 14.5. The van der Waals surface area contributed by atoms with Crippen LogP contribution in [0.15, 0.2) is 90.0 Å². The van der Waals surface area contributed by atoms with Crippen molar-refractivity contribution in [2.24, 2.45) is 28.8 Å². The van der Waals surface area contributed by atoms with Crippen molar-refractivity contribution < 1.29 is 109 Å². The molecule has 8 rings (SSSR count). The first-order valence-electron chi connectivity index (χ1n) is 34.3. The molecule has 0 saturated carbocycles. The molecule has 5 aliphatic heterocycles. The number of hydrogen-bond donors (Lipinski definition) is 0. The van der Waals surface area contributed by atoms with Gasteiger partial charge in [0.05, 0.1) is 7.11 Å². The summed E-state index contributed by atoms with van der Waals surface area (Å²) in [5.41, 5.74) is 12.1. The number of hydrogen-bond acceptors (Lipinski definition) is 24. The Morgan fingerprint density at radius 2 is 1.33 bits per heavy atom. The van der Waals surface area contributed by atoms with Gasteiger partial charge in [-0.2, -0.15) is 0 Å². The summed E-state index contributed by atoms with van der Waals surface area (Å²) in [6, 6.07) is 24.9. The predicted octanol–water partition coefficient (Wildman–Crippen LogP) is 9.40. The quantitative estimate of drug-likeness (QED) is 0.0110. The number of benzene rings is 3. The van der Waals surface area contributed by atoms with Crippen LogP contribution in [0.3, 0.4) is 0 Å². The SMILES string of the molecule is CC[C@H](C)C1O[C@H](O[C@H]2C([C@H]3COC(C)(C)O3)O[C@@](Oc3ccc(CCCN(Cc4ccccc4)C(=O)OCc4ccccc4)cc3)(C(=O)OC)C[C@H]2C)C(OC(C)=O)[C@@H](O[C@H]2O[C@@H]([C@@H](C)CC)CC(C)C2O[C@H]2OC(COC(C)=O)[C@@H](OC(C)=O)C(OC(C)=O)[C@H]2N=[N+]=[N-])[C@@H]1P[B]B=O. The van der Waals surface area contributed by atoms with Crippen LogP contribution in [-0.2, 0) is 119 Å². The van der Waals surface area contributed by atoms with Gasteiger partial charge in [0, 0.05) is 33.9 Å². The van der Waals surface area contributed by atoms with Crippen LogP contribution in [0.25, 0.3) is 10.4 Å². The fraction of sp³-hybridized carbons (Fsp3) is 0.657. The fourth-order valence-corrected chi connectivity index (χ4v) is 14.7. The topological polar surface area (TPSA) is 319 Å². The van der Waals surface area contributed by atoms with E-state index in [1.807, 2.05) is 114 Å². The molecule has 3 aromatic carbocycles. The third kappa shape index (κ3) is 21.0. The van der Waals surface area contributed by atoms with Crippen molar-refractivity contribution in [3.05, 3.63) is 112 Å². The summed E-state index contributed by atoms with van der Waals surface area (Å²) in [5, 5.41) is 3.98. The van der Waals surface area contributed by atoms with Gasteiger partial charge in [0.15, 0.2) is 0 Å². The van der Waals surface area contributed by atoms with Crippen molar-refractivity contribution >= 4 is 58.3 Å². The number of ether oxygens (including phenoxy) is 16. The van der Waals surface area contributed by atoms with Gasteiger partial charge in [-0.1, -0.05) is 72.8 Å². The van der Waals surface area contributed by atoms with Crippen LogP contribution in [0.1, 0.15) is 132 Å². The normalized spacial score (nSPS) is 31.6. The van der Waals surface area contributed by atoms with Crippen molar-refractivity contribution in [2.45, 2.75) is 244 Å². The van der Waals surface area contributed by atoms with Crippen molar-refractivity contribution in [1.29, 1.82) is 0 Å². The molecule has 22 atom stereocenters. The second-order valence-electron chi connectivity index (χ2n) is 26.7. The van der Waals surface area contributed by atoms with Gasteiger partial charge >= 0.3 is 355 Å². The summed E-state index contributed by atoms with van der Waals surface area (Å²) in [4.78, 5) is 84.3. The van der Waals surface area contributed by atoms with E-state index in [0.29, 0.717) is 52.2 Å². The van der Waals surface area contributed by atoms with Crippen molar-refractivity contribution in [2.75, 3.05) is 26.9 Å². The zero-order valence-corrected chi connectivity index (χ0v) is 60.2. The van der Waals surface area contributed by atoms with Gasteiger partial charge < -0.3 is 23.8 Å². The average Bonchev–Trinajstić information content (AvgIpc) is 1.15. The molecule has 3 aromatic rings. The Hall–Kier alpha value is -6.61. The third-order valence-electron chi connectivity index (χ3n) is 18.7. The Kier molecular flexibility index (Phi) is 29.3. The van der Waals surface area contributed by atoms with Crippen LogP contribution in [0.2, 0.25) is 0 Å². The number of azide groups is 1. The second kappa shape index (κ2) is 37.0. The molecule has 1 radical (unpaired) electrons. The Morgan fingerprint density at radius 3 is 1.93 bits per heavy atom. The average molecular weight is 1410 g/mol. The molecule has 5 aliphatic rings. The van der Waals surface area contributed by atoms with E-state index in [1.165, 1.54) is 27.8 Å². The summed E-state index contributed by atoms with van der Waals surface area (Å²) in [6.07, 6.45) is -14.8. The minimum atomic E-state index is -2.10. The molecule has 100 heavy (non-hydrogen) atoms. The zero-order valence-electron chi connectivity index (χ0n) is 59.2. The van der Waals surface area contributed by atoms with Gasteiger partial charge in [-0.15, -0.1) is 0 Å². The van der Waals surface area contributed by atoms with Crippen molar-refractivity contribution in [3.8, 4) is 5.75 Å². The Balaban J connectivity index is 1.11. The molecule has 5 heterocycles. The summed E-state index contributed by atoms with van der Waals surface area (Å²) >= 11 is 0. The van der Waals surface area contributed by atoms with E-state index >= 15 is 0 Å². The molecule has 5 fully saturated rings. The summed E-state index contributed by atoms with van der Waals surface area (Å²) < 4.78 is 115. The van der Waals surface area contributed by atoms with Crippen molar-refractivity contribution in [1.82, 2.24) is 4.90 Å². The first kappa shape index (κ1) is 79.1. The van der Waals surface area contributed by atoms with E-state index in [-0.39, 0.29) is 45.7 Å². The van der Waals surface area contributed by atoms with E-state index in [2.05, 4.69) is 10.0 Å². The van der Waals surface area contributed by atoms with E-state index in [1.54, 1.807) is 30.9 Å². The Morgan fingerprint density at radius 1 is 0.710 bits per heavy atom. The standard InChI is InChI=1S/C70H96B2N4O23P/c1-14-39(3)51-33-41(5)57(95-64-54(74-75-73)60(89-45(9)79)58(88-44(8)78)52(92-64)37-85-43(7)77)65(91-51)96-61-62(90-46(10)80)66(94-56(40(4)15-2)63(61)100-72-71-83)93-55-42(6)34-70(67(81)84-13,99-59(55)53-38-87-69(11,12)98-53)97-50-30-28-47(29-31-50)27-22-32-76(35-48-23-18-16-19-24-48)68(82)86-36-49-25-20-17-21-26-49/h16-21,23-26,28-31,39-42,51-66,100H,14-15,22,27,32-38H2,1-13H3/t39-,40-,41?,42+,51+,52?,53+,54+,55+,56?,57?,58+,59?,60?,61+,62?,63+,64+,65+,66-,70+/m0/s1. The summed E-state index contributed by atoms with van der Waals surface area (Å²) in [5.74, 6) is -8.35. The van der Waals surface area contributed by atoms with Crippen LogP contribution in [0.4, 0.5) is 4.79 Å². The first-order chi connectivity index (χ1) is 47.8. The Labute approximate surface area is 587 Å². The molecular weight excluding hydrogens is 1320 g/mol. The molecule has 0 bridgehead atoms. The number of carbonyl (C=O) groups is 6. The summed E-state index contributed by atoms with van der Waals surface area (Å²) in [6.45, 7) is 21.7. The van der Waals surface area contributed by atoms with Gasteiger partial charge in [0.25, 0.3) is 0 Å². The molecule has 1 amide bonds. The van der Waals surface area contributed by atoms with Gasteiger partial charge in [-0.25, -0.2) is 9.59 Å². The Bertz CT molecular complexity index is 3240. The maximum atomic E-state index is 14.5. The fourth-order valence-electron chi connectivity index (χ4n) is 13.4. The van der Waals surface area contributed by atoms with Crippen LogP contribution in [-0.4, -0.2) is 191 Å². The molecular formula is C70H96B2N4O23P. The van der Waals surface area contributed by atoms with Crippen LogP contribution in [0, 0.1) is 23.7 Å². The number of methoxy groups -OCH3 is 1. The van der Waals surface area contributed by atoms with Crippen LogP contribution < -0.4 is 4.74 Å². The van der Waals surface area contributed by atoms with Gasteiger partial charge in [-0.05, 0) is 61.0 Å². The zero-order chi connectivity index (χ0) is 72.4. The third-order valence-corrected chi connectivity index (χ3v) is 20.0. The van der Waals surface area contributed by atoms with Crippen molar-refractivity contribution in [3.63, 3.8) is 0 Å². The van der Waals surface area contributed by atoms with E-state index in [9.17, 15) is 39.0 Å². The first-order valence-corrected chi connectivity index (χ1v) is 35.5. The molecule has 8 unspecified atom stereocenters. The molecule has 30 heteroatoms. The monoisotopic (exact) mass is 1410 g/mol. The second-order valence-corrected chi connectivity index (χ2v) is 28.1. The van der Waals surface area contributed by atoms with E-state index in [0.717, 1.165) is 30.5 Å². The van der Waals surface area contributed by atoms with E-state index in [4.69, 9.17) is 75.8 Å².